The van der Waals surface area contributed by atoms with Crippen LogP contribution in [0.2, 0.25) is 0 Å². The van der Waals surface area contributed by atoms with Gasteiger partial charge in [0.2, 0.25) is 11.8 Å². The molecule has 2 amide bonds. The van der Waals surface area contributed by atoms with Crippen LogP contribution >= 0.6 is 12.4 Å². The Morgan fingerprint density at radius 3 is 1.77 bits per heavy atom. The molecule has 0 bridgehead atoms. The first-order valence-electron chi connectivity index (χ1n) is 12.2. The lowest BCUT2D eigenvalue weighted by molar-refractivity contribution is -0.991. The lowest BCUT2D eigenvalue weighted by Gasteiger charge is -2.23. The number of ether oxygens (including phenoxy) is 3. The number of carbonyl (C=O) groups excluding carboxylic acids is 5. The number of esters is 3. The Morgan fingerprint density at radius 2 is 1.31 bits per heavy atom. The van der Waals surface area contributed by atoms with Crippen molar-refractivity contribution in [2.75, 3.05) is 19.8 Å². The quantitative estimate of drug-likeness (QED) is 0.0981. The zero-order chi connectivity index (χ0) is 28.7. The fourth-order valence-corrected chi connectivity index (χ4v) is 3.27. The molecule has 0 aliphatic heterocycles. The van der Waals surface area contributed by atoms with Gasteiger partial charge in [-0.25, -0.2) is 10.0 Å². The minimum absolute atomic E-state index is 0. The molecule has 0 spiro atoms. The average molecular weight is 577 g/mol. The maximum atomic E-state index is 13.1. The highest BCUT2D eigenvalue weighted by Crippen LogP contribution is 2.14. The van der Waals surface area contributed by atoms with Crippen LogP contribution in [-0.4, -0.2) is 66.8 Å². The molecule has 0 radical (unpaired) electrons. The summed E-state index contributed by atoms with van der Waals surface area (Å²) in [5.41, 5.74) is 6.30. The summed E-state index contributed by atoms with van der Waals surface area (Å²) in [5.74, 6) is -3.54. The van der Waals surface area contributed by atoms with E-state index in [0.29, 0.717) is 0 Å². The van der Waals surface area contributed by atoms with E-state index in [4.69, 9.17) is 25.2 Å². The van der Waals surface area contributed by atoms with Gasteiger partial charge in [-0.1, -0.05) is 12.1 Å². The molecule has 1 aromatic rings. The topological polar surface area (TPSA) is 211 Å². The summed E-state index contributed by atoms with van der Waals surface area (Å²) in [6.07, 6.45) is -0.678. The number of carbonyl (C=O) groups is 5. The highest BCUT2D eigenvalue weighted by Gasteiger charge is 2.30. The number of halogens is 1. The Labute approximate surface area is 232 Å². The monoisotopic (exact) mass is 576 g/mol. The summed E-state index contributed by atoms with van der Waals surface area (Å²) < 4.78 is 14.7. The van der Waals surface area contributed by atoms with Crippen LogP contribution in [-0.2, 0) is 38.2 Å². The molecule has 0 saturated heterocycles. The van der Waals surface area contributed by atoms with Gasteiger partial charge in [0.05, 0.1) is 19.8 Å². The summed E-state index contributed by atoms with van der Waals surface area (Å²) in [5, 5.41) is 23.9. The third-order valence-corrected chi connectivity index (χ3v) is 5.20. The first-order valence-corrected chi connectivity index (χ1v) is 12.2. The molecule has 14 nitrogen and oxygen atoms in total. The highest BCUT2D eigenvalue weighted by molar-refractivity contribution is 5.92. The number of nitrogens with one attached hydrogen (secondary N) is 3. The van der Waals surface area contributed by atoms with E-state index in [-0.39, 0.29) is 69.2 Å². The lowest BCUT2D eigenvalue weighted by atomic mass is 10.0. The number of quaternary nitrogens is 1. The standard InChI is InChI=1S/C24H36N4O10.ClH/c1-4-36-19(29)13-11-17(26-23(32)21(25)15-7-9-16(10-8-15)28(34)35)22(31)27-18(24(33)38-6-3)12-14-20(30)37-5-2;/h7-10,17-18,21,28,34H,4-6,11-14,25H2,1-3H3,(H,26,32)(H,27,31);1H. The van der Waals surface area contributed by atoms with Crippen molar-refractivity contribution in [3.05, 3.63) is 35.0 Å². The van der Waals surface area contributed by atoms with Crippen LogP contribution in [0.15, 0.2) is 24.3 Å². The molecule has 0 aliphatic rings. The maximum absolute atomic E-state index is 13.1. The highest BCUT2D eigenvalue weighted by atomic mass is 35.5. The minimum atomic E-state index is -1.30. The molecule has 0 saturated carbocycles. The number of nitrogens with two attached hydrogens (primary N) is 1. The molecule has 0 aliphatic carbocycles. The fourth-order valence-electron chi connectivity index (χ4n) is 3.27. The van der Waals surface area contributed by atoms with Gasteiger partial charge >= 0.3 is 17.9 Å². The summed E-state index contributed by atoms with van der Waals surface area (Å²) in [6.45, 7) is 5.13. The Morgan fingerprint density at radius 1 is 0.846 bits per heavy atom. The molecule has 4 atom stereocenters. The van der Waals surface area contributed by atoms with Crippen LogP contribution in [0.1, 0.15) is 58.1 Å². The van der Waals surface area contributed by atoms with Crippen molar-refractivity contribution < 1.29 is 48.6 Å². The van der Waals surface area contributed by atoms with E-state index in [2.05, 4.69) is 10.6 Å². The van der Waals surface area contributed by atoms with Gasteiger partial charge in [-0.05, 0) is 39.2 Å². The van der Waals surface area contributed by atoms with Crippen LogP contribution in [0.5, 0.6) is 0 Å². The molecule has 220 valence electrons. The third kappa shape index (κ3) is 12.9. The third-order valence-electron chi connectivity index (χ3n) is 5.20. The lowest BCUT2D eigenvalue weighted by Crippen LogP contribution is -2.99. The molecule has 15 heteroatoms. The number of rotatable bonds is 16. The van der Waals surface area contributed by atoms with E-state index < -0.39 is 53.1 Å². The molecule has 1 rings (SSSR count). The number of hydrogen-bond acceptors (Lipinski definition) is 11. The Hall–Kier alpha value is -3.30. The second-order valence-corrected chi connectivity index (χ2v) is 7.97. The molecule has 0 aromatic heterocycles. The van der Waals surface area contributed by atoms with Crippen molar-refractivity contribution in [1.82, 2.24) is 10.6 Å². The van der Waals surface area contributed by atoms with Gasteiger partial charge in [-0.15, -0.1) is 12.4 Å². The van der Waals surface area contributed by atoms with Crippen molar-refractivity contribution in [3.8, 4) is 0 Å². The normalized spacial score (nSPS) is 13.5. The SMILES string of the molecule is CCOC(=O)CCC(NC(=O)C(N)c1ccc([NH+]([O-])O)cc1)C(=O)NC(CCC(=O)OCC)C(=O)OCC.Cl. The van der Waals surface area contributed by atoms with Crippen LogP contribution in [0.4, 0.5) is 5.69 Å². The first-order chi connectivity index (χ1) is 18.0. The number of amides is 2. The van der Waals surface area contributed by atoms with E-state index in [9.17, 15) is 29.2 Å². The van der Waals surface area contributed by atoms with E-state index in [1.807, 2.05) is 0 Å². The van der Waals surface area contributed by atoms with Crippen LogP contribution in [0.3, 0.4) is 0 Å². The van der Waals surface area contributed by atoms with Crippen molar-refractivity contribution >= 4 is 47.8 Å². The molecule has 0 fully saturated rings. The van der Waals surface area contributed by atoms with Crippen LogP contribution in [0.25, 0.3) is 0 Å². The van der Waals surface area contributed by atoms with Gasteiger partial charge in [-0.3, -0.25) is 19.2 Å². The van der Waals surface area contributed by atoms with E-state index in [0.717, 1.165) is 0 Å². The first kappa shape index (κ1) is 35.7. The van der Waals surface area contributed by atoms with Crippen molar-refractivity contribution in [2.24, 2.45) is 5.73 Å². The summed E-state index contributed by atoms with van der Waals surface area (Å²) in [7, 11) is 0. The smallest absolute Gasteiger partial charge is 0.328 e. The minimum Gasteiger partial charge on any atom is -0.595 e. The van der Waals surface area contributed by atoms with Crippen molar-refractivity contribution in [1.29, 1.82) is 0 Å². The second-order valence-electron chi connectivity index (χ2n) is 7.97. The average Bonchev–Trinajstić information content (AvgIpc) is 2.88. The predicted octanol–water partition coefficient (Wildman–Crippen LogP) is -0.269. The fraction of sp³-hybridized carbons (Fsp3) is 0.542. The van der Waals surface area contributed by atoms with Gasteiger partial charge < -0.3 is 35.8 Å². The van der Waals surface area contributed by atoms with E-state index >= 15 is 0 Å². The molecule has 4 unspecified atom stereocenters. The van der Waals surface area contributed by atoms with E-state index in [1.165, 1.54) is 24.3 Å². The van der Waals surface area contributed by atoms with Crippen LogP contribution < -0.4 is 21.6 Å². The Kier molecular flexibility index (Phi) is 17.3. The van der Waals surface area contributed by atoms with Gasteiger partial charge in [0.1, 0.15) is 18.1 Å². The van der Waals surface area contributed by atoms with Crippen molar-refractivity contribution in [2.45, 2.75) is 64.6 Å². The predicted molar refractivity (Wildman–Crippen MR) is 139 cm³/mol. The summed E-state index contributed by atoms with van der Waals surface area (Å²) in [6, 6.07) is 1.52. The Balaban J connectivity index is 0.0000144. The zero-order valence-corrected chi connectivity index (χ0v) is 22.9. The van der Waals surface area contributed by atoms with Gasteiger partial charge in [-0.2, -0.15) is 5.23 Å². The second kappa shape index (κ2) is 18.9. The zero-order valence-electron chi connectivity index (χ0n) is 22.1. The summed E-state index contributed by atoms with van der Waals surface area (Å²) >= 11 is 0. The van der Waals surface area contributed by atoms with Gasteiger partial charge in [0, 0.05) is 25.0 Å². The van der Waals surface area contributed by atoms with Gasteiger partial charge in [0.25, 0.3) is 0 Å². The molecule has 6 N–H and O–H groups in total. The molecular formula is C24H37ClN4O10. The number of hydrogen-bond donors (Lipinski definition) is 5. The number of benzene rings is 1. The van der Waals surface area contributed by atoms with Crippen LogP contribution in [0, 0.1) is 5.21 Å². The molecular weight excluding hydrogens is 540 g/mol. The molecule has 0 heterocycles. The van der Waals surface area contributed by atoms with Gasteiger partial charge in [0.15, 0.2) is 5.69 Å². The largest absolute Gasteiger partial charge is 0.595 e. The van der Waals surface area contributed by atoms with Crippen molar-refractivity contribution in [3.63, 3.8) is 0 Å². The van der Waals surface area contributed by atoms with E-state index in [1.54, 1.807) is 20.8 Å². The summed E-state index contributed by atoms with van der Waals surface area (Å²) in [4.78, 5) is 62.0. The molecule has 1 aromatic carbocycles. The maximum Gasteiger partial charge on any atom is 0.328 e. The molecule has 39 heavy (non-hydrogen) atoms. The Bertz CT molecular complexity index is 945.